The summed E-state index contributed by atoms with van der Waals surface area (Å²) in [5, 5.41) is 41.8. The van der Waals surface area contributed by atoms with Crippen molar-refractivity contribution in [1.29, 1.82) is 0 Å². The van der Waals surface area contributed by atoms with E-state index in [4.69, 9.17) is 13.9 Å². The van der Waals surface area contributed by atoms with Crippen LogP contribution >= 0.6 is 11.3 Å². The Morgan fingerprint density at radius 3 is 2.69 bits per heavy atom. The number of hydrogen-bond donors (Lipinski definition) is 4. The van der Waals surface area contributed by atoms with Crippen molar-refractivity contribution in [2.45, 2.75) is 37.6 Å². The predicted octanol–water partition coefficient (Wildman–Crippen LogP) is 0.404. The van der Waals surface area contributed by atoms with Crippen LogP contribution in [0, 0.1) is 6.92 Å². The summed E-state index contributed by atoms with van der Waals surface area (Å²) in [6.07, 6.45) is -5.63. The number of rotatable bonds is 4. The molecule has 1 aromatic carbocycles. The lowest BCUT2D eigenvalue weighted by Crippen LogP contribution is -2.60. The van der Waals surface area contributed by atoms with Gasteiger partial charge in [0.05, 0.1) is 17.6 Å². The third kappa shape index (κ3) is 3.66. The number of fused-ring (bicyclic) bond motifs is 1. The molecule has 0 saturated carbocycles. The van der Waals surface area contributed by atoms with Gasteiger partial charge in [-0.2, -0.15) is 0 Å². The van der Waals surface area contributed by atoms with Gasteiger partial charge in [-0.05, 0) is 19.1 Å². The molecule has 0 radical (unpaired) electrons. The second-order valence-corrected chi connectivity index (χ2v) is 7.60. The molecule has 3 aromatic rings. The molecule has 4 N–H and O–H groups in total. The highest BCUT2D eigenvalue weighted by atomic mass is 32.1. The molecule has 9 nitrogen and oxygen atoms in total. The van der Waals surface area contributed by atoms with Crippen LogP contribution in [0.1, 0.15) is 5.69 Å². The van der Waals surface area contributed by atoms with Crippen LogP contribution in [0.25, 0.3) is 21.5 Å². The summed E-state index contributed by atoms with van der Waals surface area (Å²) in [4.78, 5) is 17.1. The standard InChI is InChI=1S/C19H19NO8S/c1-8-7-29-18(20-8)11-6-26-12-4-9(2-3-10(12)14(11)22)27-19-17(25)16(24)15(23)13(5-21)28-19/h2-4,6-7,13,15-17,19,21,23-25H,5H2,1H3/t13-,15-,16-,17+,19+/m1/s1. The molecular weight excluding hydrogens is 402 g/mol. The van der Waals surface area contributed by atoms with Gasteiger partial charge in [-0.3, -0.25) is 4.79 Å². The first-order valence-corrected chi connectivity index (χ1v) is 9.72. The molecule has 2 aromatic heterocycles. The monoisotopic (exact) mass is 421 g/mol. The maximum absolute atomic E-state index is 12.8. The molecule has 1 saturated heterocycles. The highest BCUT2D eigenvalue weighted by Gasteiger charge is 2.44. The minimum absolute atomic E-state index is 0.211. The minimum Gasteiger partial charge on any atom is -0.463 e. The molecule has 154 valence electrons. The second kappa shape index (κ2) is 7.82. The SMILES string of the molecule is Cc1csc(-c2coc3cc(O[C@H]4O[C@H](CO)[C@@H](O)[C@@H](O)[C@@H]4O)ccc3c2=O)n1. The van der Waals surface area contributed by atoms with Gasteiger partial charge in [-0.25, -0.2) is 4.98 Å². The van der Waals surface area contributed by atoms with E-state index in [0.717, 1.165) is 5.69 Å². The average Bonchev–Trinajstić information content (AvgIpc) is 3.14. The number of hydrogen-bond acceptors (Lipinski definition) is 10. The number of ether oxygens (including phenoxy) is 2. The predicted molar refractivity (Wildman–Crippen MR) is 103 cm³/mol. The summed E-state index contributed by atoms with van der Waals surface area (Å²) in [7, 11) is 0. The normalized spacial score (nSPS) is 27.3. The minimum atomic E-state index is -1.55. The van der Waals surface area contributed by atoms with Crippen molar-refractivity contribution in [3.63, 3.8) is 0 Å². The molecular formula is C19H19NO8S. The van der Waals surface area contributed by atoms with Crippen molar-refractivity contribution in [3.05, 3.63) is 45.8 Å². The van der Waals surface area contributed by atoms with Gasteiger partial charge in [0, 0.05) is 17.1 Å². The number of nitrogens with zero attached hydrogens (tertiary/aromatic N) is 1. The summed E-state index contributed by atoms with van der Waals surface area (Å²) >= 11 is 1.35. The van der Waals surface area contributed by atoms with E-state index < -0.39 is 37.3 Å². The van der Waals surface area contributed by atoms with Crippen molar-refractivity contribution in [2.75, 3.05) is 6.61 Å². The topological polar surface area (TPSA) is 142 Å². The molecule has 4 rings (SSSR count). The van der Waals surface area contributed by atoms with Crippen molar-refractivity contribution in [3.8, 4) is 16.3 Å². The molecule has 1 aliphatic rings. The molecule has 1 aliphatic heterocycles. The fraction of sp³-hybridized carbons (Fsp3) is 0.368. The Bertz CT molecular complexity index is 1080. The van der Waals surface area contributed by atoms with E-state index in [1.807, 2.05) is 12.3 Å². The van der Waals surface area contributed by atoms with Gasteiger partial charge in [0.1, 0.15) is 47.0 Å². The number of aromatic nitrogens is 1. The molecule has 10 heteroatoms. The molecule has 0 aliphatic carbocycles. The van der Waals surface area contributed by atoms with E-state index in [1.165, 1.54) is 35.8 Å². The van der Waals surface area contributed by atoms with E-state index in [-0.39, 0.29) is 16.8 Å². The Morgan fingerprint density at radius 2 is 2.00 bits per heavy atom. The fourth-order valence-electron chi connectivity index (χ4n) is 3.11. The lowest BCUT2D eigenvalue weighted by atomic mass is 9.99. The largest absolute Gasteiger partial charge is 0.463 e. The smallest absolute Gasteiger partial charge is 0.229 e. The van der Waals surface area contributed by atoms with Crippen LogP contribution in [0.2, 0.25) is 0 Å². The zero-order valence-electron chi connectivity index (χ0n) is 15.3. The Hall–Kier alpha value is -2.34. The van der Waals surface area contributed by atoms with Crippen LogP contribution in [-0.4, -0.2) is 62.7 Å². The van der Waals surface area contributed by atoms with Gasteiger partial charge in [-0.15, -0.1) is 11.3 Å². The van der Waals surface area contributed by atoms with Gasteiger partial charge in [0.2, 0.25) is 11.7 Å². The van der Waals surface area contributed by atoms with Crippen LogP contribution in [0.4, 0.5) is 0 Å². The summed E-state index contributed by atoms with van der Waals surface area (Å²) in [6, 6.07) is 4.47. The molecule has 0 bridgehead atoms. The zero-order valence-corrected chi connectivity index (χ0v) is 16.1. The maximum Gasteiger partial charge on any atom is 0.229 e. The van der Waals surface area contributed by atoms with Gasteiger partial charge >= 0.3 is 0 Å². The Kier molecular flexibility index (Phi) is 5.38. The van der Waals surface area contributed by atoms with Gasteiger partial charge in [-0.1, -0.05) is 0 Å². The van der Waals surface area contributed by atoms with Gasteiger partial charge < -0.3 is 34.3 Å². The first-order valence-electron chi connectivity index (χ1n) is 8.84. The first kappa shape index (κ1) is 20.0. The van der Waals surface area contributed by atoms with Crippen LogP contribution in [0.3, 0.4) is 0 Å². The van der Waals surface area contributed by atoms with E-state index in [0.29, 0.717) is 16.0 Å². The van der Waals surface area contributed by atoms with E-state index in [9.17, 15) is 25.2 Å². The average molecular weight is 421 g/mol. The molecule has 29 heavy (non-hydrogen) atoms. The van der Waals surface area contributed by atoms with Crippen LogP contribution in [0.5, 0.6) is 5.75 Å². The molecule has 5 atom stereocenters. The molecule has 0 amide bonds. The van der Waals surface area contributed by atoms with Crippen LogP contribution in [-0.2, 0) is 4.74 Å². The number of aliphatic hydroxyl groups is 4. The Balaban J connectivity index is 1.62. The highest BCUT2D eigenvalue weighted by molar-refractivity contribution is 7.13. The van der Waals surface area contributed by atoms with Crippen molar-refractivity contribution >= 4 is 22.3 Å². The van der Waals surface area contributed by atoms with Crippen molar-refractivity contribution in [2.24, 2.45) is 0 Å². The third-order valence-electron chi connectivity index (χ3n) is 4.70. The lowest BCUT2D eigenvalue weighted by Gasteiger charge is -2.39. The number of aryl methyl sites for hydroxylation is 1. The third-order valence-corrected chi connectivity index (χ3v) is 5.69. The van der Waals surface area contributed by atoms with Crippen molar-refractivity contribution in [1.82, 2.24) is 4.98 Å². The molecule has 0 unspecified atom stereocenters. The fourth-order valence-corrected chi connectivity index (χ4v) is 3.91. The molecule has 3 heterocycles. The first-order chi connectivity index (χ1) is 13.9. The molecule has 0 spiro atoms. The van der Waals surface area contributed by atoms with Gasteiger partial charge in [0.15, 0.2) is 0 Å². The maximum atomic E-state index is 12.8. The second-order valence-electron chi connectivity index (χ2n) is 6.75. The molecule has 1 fully saturated rings. The number of thiazole rings is 1. The zero-order chi connectivity index (χ0) is 20.7. The number of benzene rings is 1. The quantitative estimate of drug-likeness (QED) is 0.471. The number of aliphatic hydroxyl groups excluding tert-OH is 4. The van der Waals surface area contributed by atoms with Crippen molar-refractivity contribution < 1.29 is 34.3 Å². The summed E-state index contributed by atoms with van der Waals surface area (Å²) in [5.41, 5.74) is 1.19. The lowest BCUT2D eigenvalue weighted by molar-refractivity contribution is -0.277. The van der Waals surface area contributed by atoms with Crippen LogP contribution in [0.15, 0.2) is 39.1 Å². The van der Waals surface area contributed by atoms with E-state index in [1.54, 1.807) is 0 Å². The van der Waals surface area contributed by atoms with E-state index in [2.05, 4.69) is 4.98 Å². The van der Waals surface area contributed by atoms with E-state index >= 15 is 0 Å². The summed E-state index contributed by atoms with van der Waals surface area (Å²) in [6.45, 7) is 1.28. The highest BCUT2D eigenvalue weighted by Crippen LogP contribution is 2.28. The van der Waals surface area contributed by atoms with Crippen LogP contribution < -0.4 is 10.2 Å². The van der Waals surface area contributed by atoms with Gasteiger partial charge in [0.25, 0.3) is 0 Å². The Morgan fingerprint density at radius 1 is 1.21 bits per heavy atom. The summed E-state index contributed by atoms with van der Waals surface area (Å²) in [5.74, 6) is 0.211. The summed E-state index contributed by atoms with van der Waals surface area (Å²) < 4.78 is 16.5. The Labute approximate surface area is 168 Å².